The van der Waals surface area contributed by atoms with Gasteiger partial charge in [0.05, 0.1) is 4.58 Å². The van der Waals surface area contributed by atoms with Crippen molar-refractivity contribution in [1.29, 1.82) is 0 Å². The number of rotatable bonds is 3. The maximum absolute atomic E-state index is 10.4. The van der Waals surface area contributed by atoms with E-state index < -0.39 is 0 Å². The third kappa shape index (κ3) is 4.28. The van der Waals surface area contributed by atoms with Crippen molar-refractivity contribution in [3.8, 4) is 0 Å². The average molecular weight is 211 g/mol. The molecule has 0 N–H and O–H groups in total. The maximum Gasteiger partial charge on any atom is 0.221 e. The smallest absolute Gasteiger partial charge is 0.221 e. The van der Waals surface area contributed by atoms with Gasteiger partial charge in [0.1, 0.15) is 0 Å². The molecule has 1 rings (SSSR count). The Labute approximate surface area is 80.6 Å². The molecule has 0 aliphatic carbocycles. The molecule has 0 amide bonds. The van der Waals surface area contributed by atoms with Crippen LogP contribution in [0.5, 0.6) is 0 Å². The summed E-state index contributed by atoms with van der Waals surface area (Å²) in [7, 11) is 0. The standard InChI is InChI=1S/C7H11ClOS2/c8-6(9)2-3-7-10-4-1-5-11-7/h7H,1-5H2. The molecule has 1 fully saturated rings. The van der Waals surface area contributed by atoms with Gasteiger partial charge in [0.15, 0.2) is 0 Å². The van der Waals surface area contributed by atoms with E-state index in [-0.39, 0.29) is 5.24 Å². The minimum absolute atomic E-state index is 0.197. The van der Waals surface area contributed by atoms with Gasteiger partial charge in [0.25, 0.3) is 0 Å². The quantitative estimate of drug-likeness (QED) is 0.667. The van der Waals surface area contributed by atoms with Gasteiger partial charge in [-0.1, -0.05) is 0 Å². The van der Waals surface area contributed by atoms with E-state index >= 15 is 0 Å². The van der Waals surface area contributed by atoms with Crippen molar-refractivity contribution in [1.82, 2.24) is 0 Å². The van der Waals surface area contributed by atoms with Crippen molar-refractivity contribution in [2.45, 2.75) is 23.8 Å². The summed E-state index contributed by atoms with van der Waals surface area (Å²) in [6, 6.07) is 0. The first-order valence-corrected chi connectivity index (χ1v) is 6.18. The lowest BCUT2D eigenvalue weighted by Gasteiger charge is -2.19. The fraction of sp³-hybridized carbons (Fsp3) is 0.857. The number of halogens is 1. The van der Waals surface area contributed by atoms with Crippen LogP contribution in [-0.2, 0) is 4.79 Å². The Morgan fingerprint density at radius 1 is 1.45 bits per heavy atom. The third-order valence-electron chi connectivity index (χ3n) is 1.47. The Morgan fingerprint density at radius 2 is 2.09 bits per heavy atom. The minimum atomic E-state index is -0.197. The zero-order chi connectivity index (χ0) is 8.10. The van der Waals surface area contributed by atoms with Gasteiger partial charge in [-0.05, 0) is 35.9 Å². The second-order valence-corrected chi connectivity index (χ2v) is 5.76. The molecule has 0 aromatic carbocycles. The van der Waals surface area contributed by atoms with E-state index in [0.29, 0.717) is 11.0 Å². The van der Waals surface area contributed by atoms with Gasteiger partial charge in [-0.2, -0.15) is 0 Å². The summed E-state index contributed by atoms with van der Waals surface area (Å²) in [6.07, 6.45) is 2.78. The van der Waals surface area contributed by atoms with Crippen LogP contribution in [0.15, 0.2) is 0 Å². The van der Waals surface area contributed by atoms with E-state index in [1.807, 2.05) is 23.5 Å². The number of carbonyl (C=O) groups is 1. The van der Waals surface area contributed by atoms with Crippen LogP contribution in [0.4, 0.5) is 0 Å². The third-order valence-corrected chi connectivity index (χ3v) is 4.74. The summed E-state index contributed by atoms with van der Waals surface area (Å²) in [5.74, 6) is 2.49. The number of thioether (sulfide) groups is 2. The first kappa shape index (κ1) is 9.75. The SMILES string of the molecule is O=C(Cl)CCC1SCCCS1. The highest BCUT2D eigenvalue weighted by Gasteiger charge is 2.14. The lowest BCUT2D eigenvalue weighted by molar-refractivity contribution is -0.111. The van der Waals surface area contributed by atoms with Crippen molar-refractivity contribution in [2.75, 3.05) is 11.5 Å². The zero-order valence-electron chi connectivity index (χ0n) is 6.22. The summed E-state index contributed by atoms with van der Waals surface area (Å²) in [5, 5.41) is -0.197. The highest BCUT2D eigenvalue weighted by atomic mass is 35.5. The predicted octanol–water partition coefficient (Wildman–Crippen LogP) is 2.73. The number of hydrogen-bond donors (Lipinski definition) is 0. The van der Waals surface area contributed by atoms with Gasteiger partial charge < -0.3 is 0 Å². The molecule has 0 aromatic rings. The van der Waals surface area contributed by atoms with Gasteiger partial charge >= 0.3 is 0 Å². The molecule has 0 spiro atoms. The fourth-order valence-corrected chi connectivity index (χ4v) is 3.91. The minimum Gasteiger partial charge on any atom is -0.281 e. The molecular weight excluding hydrogens is 200 g/mol. The van der Waals surface area contributed by atoms with Crippen LogP contribution in [0.3, 0.4) is 0 Å². The summed E-state index contributed by atoms with van der Waals surface area (Å²) < 4.78 is 0.617. The molecule has 0 saturated carbocycles. The van der Waals surface area contributed by atoms with Crippen LogP contribution in [0.2, 0.25) is 0 Å². The highest BCUT2D eigenvalue weighted by molar-refractivity contribution is 8.17. The average Bonchev–Trinajstić information content (AvgIpc) is 2.03. The molecular formula is C7H11ClOS2. The van der Waals surface area contributed by atoms with E-state index in [0.717, 1.165) is 6.42 Å². The number of carbonyl (C=O) groups excluding carboxylic acids is 1. The first-order chi connectivity index (χ1) is 5.29. The lowest BCUT2D eigenvalue weighted by atomic mass is 10.4. The normalized spacial score (nSPS) is 20.1. The Bertz CT molecular complexity index is 134. The topological polar surface area (TPSA) is 17.1 Å². The maximum atomic E-state index is 10.4. The molecule has 0 radical (unpaired) electrons. The van der Waals surface area contributed by atoms with Gasteiger partial charge in [-0.3, -0.25) is 4.79 Å². The fourth-order valence-electron chi connectivity index (χ4n) is 0.935. The van der Waals surface area contributed by atoms with Crippen molar-refractivity contribution in [3.63, 3.8) is 0 Å². The van der Waals surface area contributed by atoms with Gasteiger partial charge in [-0.25, -0.2) is 0 Å². The van der Waals surface area contributed by atoms with Gasteiger partial charge in [-0.15, -0.1) is 23.5 Å². The molecule has 4 heteroatoms. The van der Waals surface area contributed by atoms with Crippen LogP contribution >= 0.6 is 35.1 Å². The first-order valence-electron chi connectivity index (χ1n) is 3.70. The molecule has 1 aliphatic heterocycles. The van der Waals surface area contributed by atoms with Crippen molar-refractivity contribution < 1.29 is 4.79 Å². The Hall–Kier alpha value is 0.660. The molecule has 0 atom stereocenters. The van der Waals surface area contributed by atoms with Gasteiger partial charge in [0, 0.05) is 6.42 Å². The summed E-state index contributed by atoms with van der Waals surface area (Å²) in [5.41, 5.74) is 0. The molecule has 1 heterocycles. The molecule has 11 heavy (non-hydrogen) atoms. The summed E-state index contributed by atoms with van der Waals surface area (Å²) in [4.78, 5) is 10.4. The van der Waals surface area contributed by atoms with Crippen LogP contribution in [-0.4, -0.2) is 21.3 Å². The molecule has 0 bridgehead atoms. The Kier molecular flexibility index (Phi) is 4.72. The van der Waals surface area contributed by atoms with Crippen molar-refractivity contribution in [3.05, 3.63) is 0 Å². The molecule has 1 saturated heterocycles. The monoisotopic (exact) mass is 210 g/mol. The van der Waals surface area contributed by atoms with E-state index in [9.17, 15) is 4.79 Å². The Morgan fingerprint density at radius 3 is 2.64 bits per heavy atom. The molecule has 0 aromatic heterocycles. The highest BCUT2D eigenvalue weighted by Crippen LogP contribution is 2.33. The largest absolute Gasteiger partial charge is 0.281 e. The van der Waals surface area contributed by atoms with Crippen LogP contribution < -0.4 is 0 Å². The summed E-state index contributed by atoms with van der Waals surface area (Å²) >= 11 is 9.15. The van der Waals surface area contributed by atoms with E-state index in [1.165, 1.54) is 17.9 Å². The van der Waals surface area contributed by atoms with Gasteiger partial charge in [0.2, 0.25) is 5.24 Å². The second kappa shape index (κ2) is 5.33. The predicted molar refractivity (Wildman–Crippen MR) is 53.4 cm³/mol. The van der Waals surface area contributed by atoms with E-state index in [2.05, 4.69) is 0 Å². The van der Waals surface area contributed by atoms with Crippen LogP contribution in [0.1, 0.15) is 19.3 Å². The zero-order valence-corrected chi connectivity index (χ0v) is 8.60. The molecule has 1 nitrogen and oxygen atoms in total. The number of hydrogen-bond acceptors (Lipinski definition) is 3. The van der Waals surface area contributed by atoms with Crippen LogP contribution in [0.25, 0.3) is 0 Å². The molecule has 1 aliphatic rings. The van der Waals surface area contributed by atoms with Crippen LogP contribution in [0, 0.1) is 0 Å². The second-order valence-electron chi connectivity index (χ2n) is 2.42. The van der Waals surface area contributed by atoms with Crippen molar-refractivity contribution in [2.24, 2.45) is 0 Å². The lowest BCUT2D eigenvalue weighted by Crippen LogP contribution is -2.07. The summed E-state index contributed by atoms with van der Waals surface area (Å²) in [6.45, 7) is 0. The molecule has 64 valence electrons. The Balaban J connectivity index is 2.09. The van der Waals surface area contributed by atoms with E-state index in [4.69, 9.17) is 11.6 Å². The molecule has 0 unspecified atom stereocenters. The van der Waals surface area contributed by atoms with E-state index in [1.54, 1.807) is 0 Å². The van der Waals surface area contributed by atoms with Crippen molar-refractivity contribution >= 4 is 40.4 Å².